The van der Waals surface area contributed by atoms with Crippen molar-refractivity contribution in [3.63, 3.8) is 0 Å². The predicted molar refractivity (Wildman–Crippen MR) is 179 cm³/mol. The molecule has 3 unspecified atom stereocenters. The van der Waals surface area contributed by atoms with Crippen molar-refractivity contribution in [3.05, 3.63) is 84.9 Å². The fraction of sp³-hybridized carbons (Fsp3) is 0.474. The van der Waals surface area contributed by atoms with Gasteiger partial charge < -0.3 is 24.8 Å². The molecule has 0 saturated heterocycles. The SMILES string of the molecule is CCCCCCCCC(NC(=O)Oc1ccccc1)C1(C)CC(NC(=O)Oc2ccccc2Oc2ccccc2)CC(C)(C)C1. The summed E-state index contributed by atoms with van der Waals surface area (Å²) in [6, 6.07) is 25.5. The number of hydrogen-bond acceptors (Lipinski definition) is 5. The van der Waals surface area contributed by atoms with Crippen LogP contribution in [0.5, 0.6) is 23.0 Å². The Balaban J connectivity index is 1.44. The van der Waals surface area contributed by atoms with E-state index in [0.717, 1.165) is 32.1 Å². The third-order valence-electron chi connectivity index (χ3n) is 8.67. The van der Waals surface area contributed by atoms with Gasteiger partial charge in [0, 0.05) is 12.1 Å². The molecule has 1 fully saturated rings. The molecule has 7 heteroatoms. The summed E-state index contributed by atoms with van der Waals surface area (Å²) >= 11 is 0. The van der Waals surface area contributed by atoms with E-state index in [1.807, 2.05) is 60.7 Å². The summed E-state index contributed by atoms with van der Waals surface area (Å²) in [6.45, 7) is 8.93. The Hall–Kier alpha value is -4.00. The fourth-order valence-electron chi connectivity index (χ4n) is 6.93. The van der Waals surface area contributed by atoms with Crippen molar-refractivity contribution in [1.29, 1.82) is 0 Å². The van der Waals surface area contributed by atoms with E-state index in [9.17, 15) is 9.59 Å². The minimum Gasteiger partial charge on any atom is -0.453 e. The van der Waals surface area contributed by atoms with Gasteiger partial charge in [-0.05, 0) is 72.9 Å². The van der Waals surface area contributed by atoms with Crippen LogP contribution in [0.4, 0.5) is 9.59 Å². The van der Waals surface area contributed by atoms with Crippen molar-refractivity contribution in [1.82, 2.24) is 10.6 Å². The van der Waals surface area contributed by atoms with Crippen LogP contribution in [0.25, 0.3) is 0 Å². The normalized spacial score (nSPS) is 19.6. The number of rotatable bonds is 14. The molecule has 7 nitrogen and oxygen atoms in total. The molecule has 0 bridgehead atoms. The van der Waals surface area contributed by atoms with Crippen molar-refractivity contribution >= 4 is 12.2 Å². The Morgan fingerprint density at radius 1 is 0.733 bits per heavy atom. The van der Waals surface area contributed by atoms with Gasteiger partial charge in [-0.25, -0.2) is 9.59 Å². The second-order valence-corrected chi connectivity index (χ2v) is 13.5. The Labute approximate surface area is 269 Å². The number of hydrogen-bond donors (Lipinski definition) is 2. The van der Waals surface area contributed by atoms with Crippen molar-refractivity contribution in [2.24, 2.45) is 10.8 Å². The van der Waals surface area contributed by atoms with Crippen LogP contribution in [-0.2, 0) is 0 Å². The lowest BCUT2D eigenvalue weighted by molar-refractivity contribution is 0.0365. The first-order valence-corrected chi connectivity index (χ1v) is 16.5. The Morgan fingerprint density at radius 3 is 2.02 bits per heavy atom. The van der Waals surface area contributed by atoms with Gasteiger partial charge in [-0.15, -0.1) is 0 Å². The molecule has 1 aliphatic rings. The molecule has 3 aromatic rings. The average molecular weight is 615 g/mol. The van der Waals surface area contributed by atoms with E-state index in [-0.39, 0.29) is 22.9 Å². The molecule has 3 aromatic carbocycles. The molecular weight excluding hydrogens is 564 g/mol. The van der Waals surface area contributed by atoms with Crippen LogP contribution in [-0.4, -0.2) is 24.3 Å². The molecule has 1 saturated carbocycles. The highest BCUT2D eigenvalue weighted by Gasteiger charge is 2.46. The van der Waals surface area contributed by atoms with Gasteiger partial charge in [0.15, 0.2) is 11.5 Å². The summed E-state index contributed by atoms with van der Waals surface area (Å²) in [5, 5.41) is 6.39. The quantitative estimate of drug-likeness (QED) is 0.177. The molecule has 2 N–H and O–H groups in total. The first-order valence-electron chi connectivity index (χ1n) is 16.5. The van der Waals surface area contributed by atoms with Gasteiger partial charge in [0.1, 0.15) is 11.5 Å². The topological polar surface area (TPSA) is 85.9 Å². The largest absolute Gasteiger partial charge is 0.453 e. The van der Waals surface area contributed by atoms with E-state index in [0.29, 0.717) is 29.4 Å². The highest BCUT2D eigenvalue weighted by Crippen LogP contribution is 2.49. The van der Waals surface area contributed by atoms with Crippen LogP contribution in [0.15, 0.2) is 84.9 Å². The van der Waals surface area contributed by atoms with E-state index in [4.69, 9.17) is 14.2 Å². The Bertz CT molecular complexity index is 1350. The molecule has 3 atom stereocenters. The van der Waals surface area contributed by atoms with Crippen molar-refractivity contribution in [3.8, 4) is 23.0 Å². The number of benzene rings is 3. The minimum absolute atomic E-state index is 0.0658. The van der Waals surface area contributed by atoms with Gasteiger partial charge in [-0.3, -0.25) is 0 Å². The molecule has 242 valence electrons. The average Bonchev–Trinajstić information content (AvgIpc) is 2.99. The van der Waals surface area contributed by atoms with Crippen molar-refractivity contribution < 1.29 is 23.8 Å². The molecule has 1 aliphatic carbocycles. The molecule has 0 radical (unpaired) electrons. The number of para-hydroxylation sites is 4. The Morgan fingerprint density at radius 2 is 1.33 bits per heavy atom. The smallest absolute Gasteiger partial charge is 0.412 e. The first kappa shape index (κ1) is 33.9. The summed E-state index contributed by atoms with van der Waals surface area (Å²) < 4.78 is 17.4. The molecule has 0 aromatic heterocycles. The summed E-state index contributed by atoms with van der Waals surface area (Å²) in [7, 11) is 0. The maximum atomic E-state index is 13.3. The lowest BCUT2D eigenvalue weighted by Crippen LogP contribution is -2.55. The molecular formula is C38H50N2O5. The summed E-state index contributed by atoms with van der Waals surface area (Å²) in [4.78, 5) is 26.4. The molecule has 4 rings (SSSR count). The number of carbonyl (C=O) groups excluding carboxylic acids is 2. The number of unbranched alkanes of at least 4 members (excludes halogenated alkanes) is 5. The molecule has 0 heterocycles. The maximum Gasteiger partial charge on any atom is 0.412 e. The van der Waals surface area contributed by atoms with Gasteiger partial charge in [0.25, 0.3) is 0 Å². The maximum absolute atomic E-state index is 13.3. The van der Waals surface area contributed by atoms with Crippen LogP contribution in [0.3, 0.4) is 0 Å². The standard InChI is InChI=1S/C38H50N2O5/c1-5-6-7-8-9-16-25-34(40-36(42)44-31-21-14-11-15-22-31)38(4)27-29(26-37(2,3)28-38)39-35(41)45-33-24-18-17-23-32(33)43-30-19-12-10-13-20-30/h10-15,17-24,29,34H,5-9,16,25-28H2,1-4H3,(H,39,41)(H,40,42). The lowest BCUT2D eigenvalue weighted by atomic mass is 9.59. The highest BCUT2D eigenvalue weighted by atomic mass is 16.6. The molecule has 0 aliphatic heterocycles. The van der Waals surface area contributed by atoms with Crippen molar-refractivity contribution in [2.45, 2.75) is 104 Å². The number of nitrogens with one attached hydrogen (secondary N) is 2. The zero-order valence-corrected chi connectivity index (χ0v) is 27.3. The van der Waals surface area contributed by atoms with E-state index >= 15 is 0 Å². The third kappa shape index (κ3) is 10.8. The van der Waals surface area contributed by atoms with Crippen LogP contribution in [0, 0.1) is 10.8 Å². The monoisotopic (exact) mass is 614 g/mol. The van der Waals surface area contributed by atoms with Gasteiger partial charge in [0.2, 0.25) is 0 Å². The van der Waals surface area contributed by atoms with Crippen molar-refractivity contribution in [2.75, 3.05) is 0 Å². The van der Waals surface area contributed by atoms with Crippen LogP contribution < -0.4 is 24.8 Å². The first-order chi connectivity index (χ1) is 21.7. The summed E-state index contributed by atoms with van der Waals surface area (Å²) in [5.41, 5.74) is -0.336. The molecule has 2 amide bonds. The van der Waals surface area contributed by atoms with Crippen LogP contribution in [0.1, 0.15) is 91.9 Å². The summed E-state index contributed by atoms with van der Waals surface area (Å²) in [6.07, 6.45) is 9.36. The van der Waals surface area contributed by atoms with E-state index in [1.54, 1.807) is 24.3 Å². The predicted octanol–water partition coefficient (Wildman–Crippen LogP) is 10.1. The van der Waals surface area contributed by atoms with Gasteiger partial charge in [-0.2, -0.15) is 0 Å². The zero-order valence-electron chi connectivity index (χ0n) is 27.3. The lowest BCUT2D eigenvalue weighted by Gasteiger charge is -2.50. The second kappa shape index (κ2) is 16.4. The summed E-state index contributed by atoms with van der Waals surface area (Å²) in [5.74, 6) is 1.99. The van der Waals surface area contributed by atoms with E-state index in [2.05, 4.69) is 38.3 Å². The van der Waals surface area contributed by atoms with Crippen LogP contribution >= 0.6 is 0 Å². The minimum atomic E-state index is -0.520. The van der Waals surface area contributed by atoms with Gasteiger partial charge in [-0.1, -0.05) is 115 Å². The van der Waals surface area contributed by atoms with Crippen LogP contribution in [0.2, 0.25) is 0 Å². The fourth-order valence-corrected chi connectivity index (χ4v) is 6.93. The molecule has 0 spiro atoms. The number of ether oxygens (including phenoxy) is 3. The van der Waals surface area contributed by atoms with E-state index < -0.39 is 12.2 Å². The van der Waals surface area contributed by atoms with E-state index in [1.165, 1.54) is 25.7 Å². The Kier molecular flexibility index (Phi) is 12.3. The highest BCUT2D eigenvalue weighted by molar-refractivity contribution is 5.72. The number of amides is 2. The second-order valence-electron chi connectivity index (χ2n) is 13.5. The zero-order chi connectivity index (χ0) is 32.1. The third-order valence-corrected chi connectivity index (χ3v) is 8.67. The number of carbonyl (C=O) groups is 2. The van der Waals surface area contributed by atoms with Gasteiger partial charge >= 0.3 is 12.2 Å². The van der Waals surface area contributed by atoms with Gasteiger partial charge in [0.05, 0.1) is 0 Å². The molecule has 45 heavy (non-hydrogen) atoms.